The van der Waals surface area contributed by atoms with Crippen LogP contribution in [-0.4, -0.2) is 48.6 Å². The van der Waals surface area contributed by atoms with Gasteiger partial charge in [-0.3, -0.25) is 4.98 Å². The summed E-state index contributed by atoms with van der Waals surface area (Å²) in [5.74, 6) is 0. The third-order valence-electron chi connectivity index (χ3n) is 5.61. The van der Waals surface area contributed by atoms with Gasteiger partial charge < -0.3 is 9.31 Å². The lowest BCUT2D eigenvalue weighted by atomic mass is 9.80. The number of aromatic nitrogens is 1. The van der Waals surface area contributed by atoms with E-state index in [0.29, 0.717) is 12.0 Å². The van der Waals surface area contributed by atoms with Gasteiger partial charge in [0.1, 0.15) is 4.90 Å². The topological polar surface area (TPSA) is 68.7 Å². The number of rotatable bonds is 3. The van der Waals surface area contributed by atoms with Gasteiger partial charge in [0.15, 0.2) is 0 Å². The van der Waals surface area contributed by atoms with Crippen LogP contribution in [0.1, 0.15) is 53.9 Å². The van der Waals surface area contributed by atoms with E-state index in [1.807, 2.05) is 34.6 Å². The summed E-state index contributed by atoms with van der Waals surface area (Å²) in [4.78, 5) is 4.35. The third kappa shape index (κ3) is 3.37. The second-order valence-electron chi connectivity index (χ2n) is 8.00. The lowest BCUT2D eigenvalue weighted by Gasteiger charge is -2.32. The van der Waals surface area contributed by atoms with E-state index in [4.69, 9.17) is 9.31 Å². The van der Waals surface area contributed by atoms with Gasteiger partial charge in [-0.25, -0.2) is 8.42 Å². The van der Waals surface area contributed by atoms with Crippen molar-refractivity contribution in [2.75, 3.05) is 6.54 Å². The Balaban J connectivity index is 1.90. The third-order valence-corrected chi connectivity index (χ3v) is 7.59. The fraction of sp³-hybridized carbons (Fsp3) is 0.706. The molecule has 0 bridgehead atoms. The van der Waals surface area contributed by atoms with Gasteiger partial charge in [-0.1, -0.05) is 6.42 Å². The first-order valence-electron chi connectivity index (χ1n) is 8.87. The molecule has 2 saturated heterocycles. The van der Waals surface area contributed by atoms with Crippen LogP contribution in [0.2, 0.25) is 0 Å². The molecule has 0 radical (unpaired) electrons. The standard InChI is InChI=1S/C17H27BN2O4S/c1-13-8-6-7-9-20(13)25(21,22)15-10-14(11-19-12-15)18-23-16(2,3)17(4,5)24-18/h10-13H,6-9H2,1-5H3. The normalized spacial score (nSPS) is 26.8. The number of sulfonamides is 1. The summed E-state index contributed by atoms with van der Waals surface area (Å²) in [6.07, 6.45) is 5.88. The molecule has 0 N–H and O–H groups in total. The van der Waals surface area contributed by atoms with E-state index in [1.165, 1.54) is 6.20 Å². The van der Waals surface area contributed by atoms with E-state index in [1.54, 1.807) is 16.6 Å². The van der Waals surface area contributed by atoms with Crippen LogP contribution in [0.25, 0.3) is 0 Å². The summed E-state index contributed by atoms with van der Waals surface area (Å²) < 4.78 is 39.7. The fourth-order valence-electron chi connectivity index (χ4n) is 3.25. The summed E-state index contributed by atoms with van der Waals surface area (Å²) in [6, 6.07) is 1.64. The number of hydrogen-bond donors (Lipinski definition) is 0. The molecule has 3 rings (SSSR count). The number of pyridine rings is 1. The Kier molecular flexibility index (Phi) is 4.77. The summed E-state index contributed by atoms with van der Waals surface area (Å²) in [6.45, 7) is 10.4. The molecule has 0 aromatic carbocycles. The Labute approximate surface area is 151 Å². The predicted molar refractivity (Wildman–Crippen MR) is 97.2 cm³/mol. The zero-order valence-corrected chi connectivity index (χ0v) is 16.5. The molecule has 0 aliphatic carbocycles. The van der Waals surface area contributed by atoms with Crippen LogP contribution in [0.5, 0.6) is 0 Å². The molecule has 2 aliphatic heterocycles. The second kappa shape index (κ2) is 6.34. The summed E-state index contributed by atoms with van der Waals surface area (Å²) >= 11 is 0. The molecule has 0 spiro atoms. The molecule has 1 aromatic heterocycles. The van der Waals surface area contributed by atoms with Crippen LogP contribution in [0.15, 0.2) is 23.4 Å². The minimum atomic E-state index is -3.56. The van der Waals surface area contributed by atoms with E-state index in [0.717, 1.165) is 19.3 Å². The largest absolute Gasteiger partial charge is 0.496 e. The van der Waals surface area contributed by atoms with Crippen LogP contribution >= 0.6 is 0 Å². The molecule has 0 saturated carbocycles. The summed E-state index contributed by atoms with van der Waals surface area (Å²) in [7, 11) is -4.18. The van der Waals surface area contributed by atoms with E-state index in [-0.39, 0.29) is 10.9 Å². The van der Waals surface area contributed by atoms with Gasteiger partial charge >= 0.3 is 7.12 Å². The minimum Gasteiger partial charge on any atom is -0.399 e. The molecule has 0 amide bonds. The second-order valence-corrected chi connectivity index (χ2v) is 9.89. The van der Waals surface area contributed by atoms with Crippen LogP contribution in [0.4, 0.5) is 0 Å². The van der Waals surface area contributed by atoms with Crippen LogP contribution in [0.3, 0.4) is 0 Å². The smallest absolute Gasteiger partial charge is 0.399 e. The molecule has 8 heteroatoms. The van der Waals surface area contributed by atoms with E-state index < -0.39 is 28.3 Å². The van der Waals surface area contributed by atoms with Crippen molar-refractivity contribution in [1.82, 2.24) is 9.29 Å². The van der Waals surface area contributed by atoms with Crippen molar-refractivity contribution < 1.29 is 17.7 Å². The Morgan fingerprint density at radius 1 is 1.16 bits per heavy atom. The van der Waals surface area contributed by atoms with Crippen molar-refractivity contribution in [2.45, 2.75) is 76.0 Å². The van der Waals surface area contributed by atoms with Crippen molar-refractivity contribution in [3.8, 4) is 0 Å². The molecule has 25 heavy (non-hydrogen) atoms. The van der Waals surface area contributed by atoms with Crippen LogP contribution in [-0.2, 0) is 19.3 Å². The highest BCUT2D eigenvalue weighted by Crippen LogP contribution is 2.36. The average molecular weight is 366 g/mol. The maximum absolute atomic E-state index is 13.0. The van der Waals surface area contributed by atoms with Gasteiger partial charge in [-0.15, -0.1) is 0 Å². The number of piperidine rings is 1. The SMILES string of the molecule is CC1CCCCN1S(=O)(=O)c1cncc(B2OC(C)(C)C(C)(C)O2)c1. The Morgan fingerprint density at radius 2 is 1.80 bits per heavy atom. The molecular weight excluding hydrogens is 339 g/mol. The van der Waals surface area contributed by atoms with Crippen LogP contribution < -0.4 is 5.46 Å². The minimum absolute atomic E-state index is 0.0132. The molecule has 1 atom stereocenters. The molecule has 3 heterocycles. The van der Waals surface area contributed by atoms with Gasteiger partial charge in [0, 0.05) is 30.4 Å². The van der Waals surface area contributed by atoms with Gasteiger partial charge in [-0.2, -0.15) is 4.31 Å². The molecular formula is C17H27BN2O4S. The maximum Gasteiger partial charge on any atom is 0.496 e. The average Bonchev–Trinajstić information content (AvgIpc) is 2.76. The predicted octanol–water partition coefficient (Wildman–Crippen LogP) is 1.94. The highest BCUT2D eigenvalue weighted by molar-refractivity contribution is 7.89. The van der Waals surface area contributed by atoms with Crippen LogP contribution in [0, 0.1) is 0 Å². The van der Waals surface area contributed by atoms with Crippen molar-refractivity contribution in [2.24, 2.45) is 0 Å². The fourth-order valence-corrected chi connectivity index (χ4v) is 4.95. The highest BCUT2D eigenvalue weighted by Gasteiger charge is 2.52. The Hall–Kier alpha value is -0.955. The quantitative estimate of drug-likeness (QED) is 0.765. The zero-order valence-electron chi connectivity index (χ0n) is 15.7. The Bertz CT molecular complexity index is 735. The molecule has 1 unspecified atom stereocenters. The lowest BCUT2D eigenvalue weighted by Crippen LogP contribution is -2.42. The van der Waals surface area contributed by atoms with E-state index in [2.05, 4.69) is 4.98 Å². The summed E-state index contributed by atoms with van der Waals surface area (Å²) in [5, 5.41) is 0. The molecule has 6 nitrogen and oxygen atoms in total. The first-order chi connectivity index (χ1) is 11.5. The number of nitrogens with zero attached hydrogens (tertiary/aromatic N) is 2. The van der Waals surface area contributed by atoms with Crippen molar-refractivity contribution in [3.05, 3.63) is 18.5 Å². The molecule has 2 aliphatic rings. The molecule has 2 fully saturated rings. The monoisotopic (exact) mass is 366 g/mol. The first kappa shape index (κ1) is 18.8. The van der Waals surface area contributed by atoms with Gasteiger partial charge in [0.2, 0.25) is 10.0 Å². The lowest BCUT2D eigenvalue weighted by molar-refractivity contribution is 0.00578. The van der Waals surface area contributed by atoms with E-state index in [9.17, 15) is 8.42 Å². The Morgan fingerprint density at radius 3 is 2.40 bits per heavy atom. The van der Waals surface area contributed by atoms with Gasteiger partial charge in [-0.05, 0) is 53.5 Å². The van der Waals surface area contributed by atoms with Crippen molar-refractivity contribution in [3.63, 3.8) is 0 Å². The summed E-state index contributed by atoms with van der Waals surface area (Å²) in [5.41, 5.74) is -0.327. The maximum atomic E-state index is 13.0. The highest BCUT2D eigenvalue weighted by atomic mass is 32.2. The van der Waals surface area contributed by atoms with Gasteiger partial charge in [0.05, 0.1) is 11.2 Å². The number of hydrogen-bond acceptors (Lipinski definition) is 5. The zero-order chi connectivity index (χ0) is 18.5. The van der Waals surface area contributed by atoms with Crippen molar-refractivity contribution >= 4 is 22.6 Å². The first-order valence-corrected chi connectivity index (χ1v) is 10.3. The van der Waals surface area contributed by atoms with Gasteiger partial charge in [0.25, 0.3) is 0 Å². The molecule has 138 valence electrons. The van der Waals surface area contributed by atoms with E-state index >= 15 is 0 Å². The molecule has 1 aromatic rings. The van der Waals surface area contributed by atoms with Crippen molar-refractivity contribution in [1.29, 1.82) is 0 Å².